The first-order valence-corrected chi connectivity index (χ1v) is 7.54. The van der Waals surface area contributed by atoms with E-state index < -0.39 is 5.60 Å². The number of hydrogen-bond acceptors (Lipinski definition) is 4. The van der Waals surface area contributed by atoms with Gasteiger partial charge in [-0.05, 0) is 18.2 Å². The maximum absolute atomic E-state index is 10.6. The zero-order chi connectivity index (χ0) is 15.4. The highest BCUT2D eigenvalue weighted by molar-refractivity contribution is 6.30. The van der Waals surface area contributed by atoms with E-state index >= 15 is 0 Å². The average Bonchev–Trinajstić information content (AvgIpc) is 2.55. The summed E-state index contributed by atoms with van der Waals surface area (Å²) >= 11 is 5.94. The lowest BCUT2D eigenvalue weighted by Gasteiger charge is -2.36. The molecule has 0 aliphatic carbocycles. The summed E-state index contributed by atoms with van der Waals surface area (Å²) < 4.78 is 0. The van der Waals surface area contributed by atoms with E-state index in [1.165, 1.54) is 6.33 Å². The van der Waals surface area contributed by atoms with Crippen molar-refractivity contribution in [3.05, 3.63) is 53.6 Å². The second-order valence-corrected chi connectivity index (χ2v) is 5.81. The summed E-state index contributed by atoms with van der Waals surface area (Å²) in [5.74, 6) is 6.03. The maximum Gasteiger partial charge on any atom is 0.129 e. The lowest BCUT2D eigenvalue weighted by atomic mass is 9.91. The van der Waals surface area contributed by atoms with Crippen LogP contribution in [0.15, 0.2) is 43.0 Å². The Kier molecular flexibility index (Phi) is 4.28. The number of halogens is 1. The fourth-order valence-corrected chi connectivity index (χ4v) is 2.66. The molecule has 1 aliphatic heterocycles. The molecule has 1 fully saturated rings. The molecule has 0 unspecified atom stereocenters. The maximum atomic E-state index is 10.6. The lowest BCUT2D eigenvalue weighted by molar-refractivity contribution is 0.0746. The summed E-state index contributed by atoms with van der Waals surface area (Å²) in [6.07, 6.45) is 6.27. The highest BCUT2D eigenvalue weighted by Crippen LogP contribution is 2.25. The van der Waals surface area contributed by atoms with Crippen LogP contribution in [-0.2, 0) is 0 Å². The summed E-state index contributed by atoms with van der Waals surface area (Å²) in [4.78, 5) is 10.2. The molecule has 2 aromatic rings. The third-order valence-electron chi connectivity index (χ3n) is 3.77. The summed E-state index contributed by atoms with van der Waals surface area (Å²) in [6, 6.07) is 7.35. The van der Waals surface area contributed by atoms with Gasteiger partial charge in [-0.25, -0.2) is 9.97 Å². The first-order valence-electron chi connectivity index (χ1n) is 7.16. The largest absolute Gasteiger partial charge is 0.377 e. The van der Waals surface area contributed by atoms with E-state index in [0.29, 0.717) is 17.9 Å². The second-order valence-electron chi connectivity index (χ2n) is 5.38. The van der Waals surface area contributed by atoms with E-state index in [0.717, 1.165) is 24.3 Å². The van der Waals surface area contributed by atoms with Crippen LogP contribution in [-0.4, -0.2) is 33.8 Å². The van der Waals surface area contributed by atoms with Crippen molar-refractivity contribution in [2.24, 2.45) is 0 Å². The van der Waals surface area contributed by atoms with Gasteiger partial charge >= 0.3 is 0 Å². The number of hydrogen-bond donors (Lipinski definition) is 1. The van der Waals surface area contributed by atoms with Gasteiger partial charge in [0.05, 0.1) is 18.1 Å². The number of piperidine rings is 1. The molecule has 0 spiro atoms. The minimum Gasteiger partial charge on any atom is -0.377 e. The molecule has 1 N–H and O–H groups in total. The van der Waals surface area contributed by atoms with Gasteiger partial charge < -0.3 is 10.0 Å². The smallest absolute Gasteiger partial charge is 0.129 e. The van der Waals surface area contributed by atoms with Crippen molar-refractivity contribution in [1.29, 1.82) is 0 Å². The van der Waals surface area contributed by atoms with Gasteiger partial charge in [0.2, 0.25) is 0 Å². The summed E-state index contributed by atoms with van der Waals surface area (Å²) in [7, 11) is 0. The predicted molar refractivity (Wildman–Crippen MR) is 86.8 cm³/mol. The van der Waals surface area contributed by atoms with Crippen molar-refractivity contribution in [3.8, 4) is 11.8 Å². The summed E-state index contributed by atoms with van der Waals surface area (Å²) in [5, 5.41) is 11.3. The molecule has 112 valence electrons. The quantitative estimate of drug-likeness (QED) is 0.822. The molecule has 5 heteroatoms. The minimum absolute atomic E-state index is 0.593. The fraction of sp³-hybridized carbons (Fsp3) is 0.294. The van der Waals surface area contributed by atoms with Crippen molar-refractivity contribution >= 4 is 17.3 Å². The van der Waals surface area contributed by atoms with Crippen LogP contribution < -0.4 is 4.90 Å². The number of nitrogens with zero attached hydrogens (tertiary/aromatic N) is 3. The molecule has 1 aliphatic rings. The standard InChI is InChI=1S/C17H16ClN3O/c18-15-3-1-2-14(10-15)4-5-17(22)6-8-21(9-7-17)16-11-19-13-20-12-16/h1-3,10-13,22H,6-9H2. The minimum atomic E-state index is -0.950. The van der Waals surface area contributed by atoms with E-state index in [9.17, 15) is 5.11 Å². The Morgan fingerprint density at radius 2 is 1.91 bits per heavy atom. The molecule has 0 amide bonds. The molecule has 22 heavy (non-hydrogen) atoms. The number of aromatic nitrogens is 2. The van der Waals surface area contributed by atoms with Gasteiger partial charge in [0.25, 0.3) is 0 Å². The second kappa shape index (κ2) is 6.35. The first-order chi connectivity index (χ1) is 10.6. The SMILES string of the molecule is OC1(C#Cc2cccc(Cl)c2)CCN(c2cncnc2)CC1. The molecule has 0 atom stereocenters. The van der Waals surface area contributed by atoms with E-state index in [2.05, 4.69) is 26.7 Å². The number of aliphatic hydroxyl groups is 1. The van der Waals surface area contributed by atoms with Crippen LogP contribution in [0.25, 0.3) is 0 Å². The van der Waals surface area contributed by atoms with Gasteiger partial charge in [-0.1, -0.05) is 29.5 Å². The van der Waals surface area contributed by atoms with Gasteiger partial charge in [0, 0.05) is 36.5 Å². The number of anilines is 1. The number of benzene rings is 1. The van der Waals surface area contributed by atoms with Gasteiger partial charge in [0.1, 0.15) is 11.9 Å². The van der Waals surface area contributed by atoms with Crippen LogP contribution in [0.3, 0.4) is 0 Å². The molecule has 4 nitrogen and oxygen atoms in total. The van der Waals surface area contributed by atoms with E-state index in [1.54, 1.807) is 18.5 Å². The Hall–Kier alpha value is -2.09. The van der Waals surface area contributed by atoms with Crippen LogP contribution in [0, 0.1) is 11.8 Å². The first kappa shape index (κ1) is 14.8. The molecular weight excluding hydrogens is 298 g/mol. The lowest BCUT2D eigenvalue weighted by Crippen LogP contribution is -2.43. The van der Waals surface area contributed by atoms with Gasteiger partial charge in [-0.15, -0.1) is 0 Å². The molecule has 0 radical (unpaired) electrons. The van der Waals surface area contributed by atoms with E-state index in [1.807, 2.05) is 18.2 Å². The molecule has 1 saturated heterocycles. The van der Waals surface area contributed by atoms with Crippen molar-refractivity contribution in [2.75, 3.05) is 18.0 Å². The monoisotopic (exact) mass is 313 g/mol. The van der Waals surface area contributed by atoms with Crippen molar-refractivity contribution in [2.45, 2.75) is 18.4 Å². The molecule has 1 aromatic carbocycles. The van der Waals surface area contributed by atoms with Crippen molar-refractivity contribution in [3.63, 3.8) is 0 Å². The zero-order valence-corrected chi connectivity index (χ0v) is 12.8. The molecule has 0 bridgehead atoms. The van der Waals surface area contributed by atoms with Crippen molar-refractivity contribution < 1.29 is 5.11 Å². The number of rotatable bonds is 1. The van der Waals surface area contributed by atoms with Crippen LogP contribution in [0.5, 0.6) is 0 Å². The van der Waals surface area contributed by atoms with E-state index in [-0.39, 0.29) is 0 Å². The molecule has 0 saturated carbocycles. The van der Waals surface area contributed by atoms with E-state index in [4.69, 9.17) is 11.6 Å². The molecule has 1 aromatic heterocycles. The van der Waals surface area contributed by atoms with Crippen LogP contribution in [0.1, 0.15) is 18.4 Å². The Bertz CT molecular complexity index is 701. The Balaban J connectivity index is 1.67. The van der Waals surface area contributed by atoms with Gasteiger partial charge in [0.15, 0.2) is 0 Å². The Morgan fingerprint density at radius 3 is 2.59 bits per heavy atom. The van der Waals surface area contributed by atoms with Gasteiger partial charge in [-0.2, -0.15) is 0 Å². The topological polar surface area (TPSA) is 49.2 Å². The van der Waals surface area contributed by atoms with Crippen molar-refractivity contribution in [1.82, 2.24) is 9.97 Å². The normalized spacial score (nSPS) is 16.7. The average molecular weight is 314 g/mol. The highest BCUT2D eigenvalue weighted by atomic mass is 35.5. The zero-order valence-electron chi connectivity index (χ0n) is 12.0. The Morgan fingerprint density at radius 1 is 1.18 bits per heavy atom. The van der Waals surface area contributed by atoms with Crippen LogP contribution in [0.2, 0.25) is 5.02 Å². The molecular formula is C17H16ClN3O. The van der Waals surface area contributed by atoms with Crippen LogP contribution in [0.4, 0.5) is 5.69 Å². The third-order valence-corrected chi connectivity index (χ3v) is 4.00. The summed E-state index contributed by atoms with van der Waals surface area (Å²) in [6.45, 7) is 1.46. The third kappa shape index (κ3) is 3.56. The molecule has 2 heterocycles. The Labute approximate surface area is 134 Å². The summed E-state index contributed by atoms with van der Waals surface area (Å²) in [5.41, 5.74) is 0.848. The fourth-order valence-electron chi connectivity index (χ4n) is 2.47. The van der Waals surface area contributed by atoms with Crippen LogP contribution >= 0.6 is 11.6 Å². The molecule has 3 rings (SSSR count). The van der Waals surface area contributed by atoms with Gasteiger partial charge in [-0.3, -0.25) is 0 Å². The predicted octanol–water partition coefficient (Wildman–Crippen LogP) is 2.51. The highest BCUT2D eigenvalue weighted by Gasteiger charge is 2.30.